The molecule has 0 spiro atoms. The SMILES string of the molecule is C=C1NC[C@H](C)Oc2ccc(F)cc2CN2c3nc4c1cnn4cc3OC[C@H]2CO. The molecule has 2 atom stereocenters. The monoisotopic (exact) mass is 411 g/mol. The van der Waals surface area contributed by atoms with Gasteiger partial charge in [0.1, 0.15) is 24.3 Å². The summed E-state index contributed by atoms with van der Waals surface area (Å²) in [5, 5.41) is 17.6. The molecule has 0 aliphatic carbocycles. The van der Waals surface area contributed by atoms with E-state index in [1.165, 1.54) is 12.1 Å². The van der Waals surface area contributed by atoms with Crippen molar-refractivity contribution < 1.29 is 19.0 Å². The van der Waals surface area contributed by atoms with Gasteiger partial charge >= 0.3 is 0 Å². The van der Waals surface area contributed by atoms with Crippen LogP contribution < -0.4 is 19.7 Å². The summed E-state index contributed by atoms with van der Waals surface area (Å²) >= 11 is 0. The lowest BCUT2D eigenvalue weighted by Gasteiger charge is -2.37. The number of aliphatic hydroxyl groups is 1. The number of benzene rings is 1. The van der Waals surface area contributed by atoms with E-state index in [1.54, 1.807) is 23.0 Å². The van der Waals surface area contributed by atoms with E-state index in [4.69, 9.17) is 14.5 Å². The Morgan fingerprint density at radius 1 is 1.37 bits per heavy atom. The summed E-state index contributed by atoms with van der Waals surface area (Å²) in [5.74, 6) is 1.34. The Morgan fingerprint density at radius 3 is 3.07 bits per heavy atom. The highest BCUT2D eigenvalue weighted by Crippen LogP contribution is 2.36. The highest BCUT2D eigenvalue weighted by molar-refractivity contribution is 5.75. The minimum Gasteiger partial charge on any atom is -0.489 e. The number of aromatic nitrogens is 3. The van der Waals surface area contributed by atoms with Crippen LogP contribution in [0.5, 0.6) is 11.5 Å². The normalized spacial score (nSPS) is 21.0. The molecule has 2 aliphatic heterocycles. The van der Waals surface area contributed by atoms with Crippen molar-refractivity contribution in [2.45, 2.75) is 25.6 Å². The predicted octanol–water partition coefficient (Wildman–Crippen LogP) is 1.97. The Bertz CT molecular complexity index is 1130. The third-order valence-electron chi connectivity index (χ3n) is 5.42. The fourth-order valence-electron chi connectivity index (χ4n) is 3.80. The highest BCUT2D eigenvalue weighted by Gasteiger charge is 2.31. The van der Waals surface area contributed by atoms with Gasteiger partial charge in [0.2, 0.25) is 0 Å². The molecule has 2 aliphatic rings. The fourth-order valence-corrected chi connectivity index (χ4v) is 3.80. The first-order chi connectivity index (χ1) is 14.5. The maximum atomic E-state index is 14.1. The number of rotatable bonds is 1. The zero-order valence-electron chi connectivity index (χ0n) is 16.5. The van der Waals surface area contributed by atoms with Crippen LogP contribution >= 0.6 is 0 Å². The van der Waals surface area contributed by atoms with Gasteiger partial charge in [0.25, 0.3) is 0 Å². The van der Waals surface area contributed by atoms with Crippen molar-refractivity contribution in [3.05, 3.63) is 54.1 Å². The van der Waals surface area contributed by atoms with Gasteiger partial charge in [-0.25, -0.2) is 13.9 Å². The van der Waals surface area contributed by atoms with Crippen molar-refractivity contribution in [3.63, 3.8) is 0 Å². The van der Waals surface area contributed by atoms with Gasteiger partial charge in [0, 0.05) is 17.8 Å². The second-order valence-electron chi connectivity index (χ2n) is 7.57. The number of halogens is 1. The molecule has 3 aromatic rings. The number of aliphatic hydroxyl groups excluding tert-OH is 1. The van der Waals surface area contributed by atoms with Gasteiger partial charge < -0.3 is 24.8 Å². The number of nitrogens with one attached hydrogen (secondary N) is 1. The highest BCUT2D eigenvalue weighted by atomic mass is 19.1. The number of anilines is 1. The van der Waals surface area contributed by atoms with Crippen LogP contribution in [-0.4, -0.2) is 51.6 Å². The molecule has 156 valence electrons. The minimum absolute atomic E-state index is 0.130. The van der Waals surface area contributed by atoms with Crippen molar-refractivity contribution in [3.8, 4) is 11.5 Å². The summed E-state index contributed by atoms with van der Waals surface area (Å²) in [5.41, 5.74) is 2.72. The second-order valence-corrected chi connectivity index (χ2v) is 7.57. The number of hydrogen-bond donors (Lipinski definition) is 2. The number of ether oxygens (including phenoxy) is 2. The number of hydrogen-bond acceptors (Lipinski definition) is 7. The summed E-state index contributed by atoms with van der Waals surface area (Å²) in [6.07, 6.45) is 3.27. The lowest BCUT2D eigenvalue weighted by molar-refractivity contribution is 0.183. The number of nitrogens with zero attached hydrogens (tertiary/aromatic N) is 4. The molecule has 0 saturated carbocycles. The van der Waals surface area contributed by atoms with Crippen molar-refractivity contribution in [2.24, 2.45) is 0 Å². The van der Waals surface area contributed by atoms with E-state index in [0.717, 1.165) is 5.56 Å². The third kappa shape index (κ3) is 3.11. The molecule has 2 bridgehead atoms. The van der Waals surface area contributed by atoms with Crippen LogP contribution in [0.2, 0.25) is 0 Å². The molecule has 2 aromatic heterocycles. The maximum absolute atomic E-state index is 14.1. The molecule has 2 N–H and O–H groups in total. The van der Waals surface area contributed by atoms with Gasteiger partial charge in [-0.1, -0.05) is 6.58 Å². The standard InChI is InChI=1S/C21H22FN5O3/c1-12-6-23-13(2)17-7-24-27-9-19-21(25-20(17)27)26(16(10-28)11-29-19)8-14-5-15(22)3-4-18(14)30-12/h3-5,7,9,12,16,23,28H,2,6,8,10-11H2,1H3/t12-,16+/m0/s1. The molecule has 0 saturated heterocycles. The zero-order chi connectivity index (χ0) is 20.8. The average Bonchev–Trinajstić information content (AvgIpc) is 3.15. The molecule has 4 heterocycles. The number of fused-ring (bicyclic) bond motifs is 1. The predicted molar refractivity (Wildman–Crippen MR) is 109 cm³/mol. The molecule has 0 radical (unpaired) electrons. The summed E-state index contributed by atoms with van der Waals surface area (Å²) in [6, 6.07) is 4.14. The van der Waals surface area contributed by atoms with Crippen LogP contribution in [0.25, 0.3) is 11.3 Å². The summed E-state index contributed by atoms with van der Waals surface area (Å²) < 4.78 is 27.7. The molecular formula is C21H22FN5O3. The summed E-state index contributed by atoms with van der Waals surface area (Å²) in [7, 11) is 0. The van der Waals surface area contributed by atoms with E-state index in [2.05, 4.69) is 17.0 Å². The van der Waals surface area contributed by atoms with Crippen molar-refractivity contribution >= 4 is 17.2 Å². The fraction of sp³-hybridized carbons (Fsp3) is 0.333. The molecule has 1 aromatic carbocycles. The Morgan fingerprint density at radius 2 is 2.23 bits per heavy atom. The lowest BCUT2D eigenvalue weighted by Crippen LogP contribution is -2.45. The second kappa shape index (κ2) is 7.17. The van der Waals surface area contributed by atoms with Crippen molar-refractivity contribution in [1.29, 1.82) is 0 Å². The average molecular weight is 411 g/mol. The molecule has 30 heavy (non-hydrogen) atoms. The Hall–Kier alpha value is -3.33. The molecule has 0 unspecified atom stereocenters. The van der Waals surface area contributed by atoms with Crippen LogP contribution in [0.15, 0.2) is 37.2 Å². The molecular weight excluding hydrogens is 389 g/mol. The molecule has 0 amide bonds. The maximum Gasteiger partial charge on any atom is 0.180 e. The smallest absolute Gasteiger partial charge is 0.180 e. The third-order valence-corrected chi connectivity index (χ3v) is 5.42. The first kappa shape index (κ1) is 18.7. The quantitative estimate of drug-likeness (QED) is 0.633. The summed E-state index contributed by atoms with van der Waals surface area (Å²) in [6.45, 7) is 7.01. The molecule has 0 fully saturated rings. The van der Waals surface area contributed by atoms with Gasteiger partial charge in [0.15, 0.2) is 17.2 Å². The van der Waals surface area contributed by atoms with E-state index in [-0.39, 0.29) is 31.2 Å². The Labute approximate surface area is 172 Å². The molecule has 5 rings (SSSR count). The van der Waals surface area contributed by atoms with E-state index in [1.807, 2.05) is 11.8 Å². The van der Waals surface area contributed by atoms with Gasteiger partial charge in [0.05, 0.1) is 37.2 Å². The van der Waals surface area contributed by atoms with E-state index >= 15 is 0 Å². The van der Waals surface area contributed by atoms with Gasteiger partial charge in [-0.05, 0) is 25.1 Å². The summed E-state index contributed by atoms with van der Waals surface area (Å²) in [4.78, 5) is 6.73. The van der Waals surface area contributed by atoms with E-state index in [9.17, 15) is 9.50 Å². The first-order valence-corrected chi connectivity index (χ1v) is 9.80. The molecule has 9 heteroatoms. The van der Waals surface area contributed by atoms with E-state index < -0.39 is 0 Å². The van der Waals surface area contributed by atoms with Crippen molar-refractivity contribution in [2.75, 3.05) is 24.7 Å². The Balaban J connectivity index is 1.70. The van der Waals surface area contributed by atoms with Crippen LogP contribution in [-0.2, 0) is 6.54 Å². The van der Waals surface area contributed by atoms with E-state index in [0.29, 0.717) is 47.3 Å². The lowest BCUT2D eigenvalue weighted by atomic mass is 10.1. The Kier molecular flexibility index (Phi) is 4.47. The van der Waals surface area contributed by atoms with Gasteiger partial charge in [-0.15, -0.1) is 0 Å². The van der Waals surface area contributed by atoms with Crippen LogP contribution in [0.1, 0.15) is 18.1 Å². The minimum atomic E-state index is -0.351. The largest absolute Gasteiger partial charge is 0.489 e. The zero-order valence-corrected chi connectivity index (χ0v) is 16.5. The first-order valence-electron chi connectivity index (χ1n) is 9.80. The van der Waals surface area contributed by atoms with Gasteiger partial charge in [-0.3, -0.25) is 0 Å². The van der Waals surface area contributed by atoms with Crippen LogP contribution in [0.4, 0.5) is 10.2 Å². The van der Waals surface area contributed by atoms with Crippen LogP contribution in [0.3, 0.4) is 0 Å². The topological polar surface area (TPSA) is 84.2 Å². The van der Waals surface area contributed by atoms with Crippen molar-refractivity contribution in [1.82, 2.24) is 19.9 Å². The van der Waals surface area contributed by atoms with Gasteiger partial charge in [-0.2, -0.15) is 5.10 Å². The van der Waals surface area contributed by atoms with Crippen LogP contribution in [0, 0.1) is 5.82 Å². The molecule has 8 nitrogen and oxygen atoms in total.